The Balaban J connectivity index is 2.60. The zero-order valence-electron chi connectivity index (χ0n) is 11.2. The minimum atomic E-state index is -4.39. The number of nitrogens with two attached hydrogens (primary N) is 1. The van der Waals surface area contributed by atoms with Gasteiger partial charge in [-0.25, -0.2) is 0 Å². The highest BCUT2D eigenvalue weighted by molar-refractivity contribution is 5.87. The molecule has 0 saturated heterocycles. The third kappa shape index (κ3) is 5.00. The van der Waals surface area contributed by atoms with Crippen LogP contribution in [0.15, 0.2) is 30.1 Å². The van der Waals surface area contributed by atoms with E-state index in [1.807, 2.05) is 0 Å². The normalized spacial score (nSPS) is 14.2. The van der Waals surface area contributed by atoms with E-state index in [0.717, 1.165) is 12.3 Å². The maximum Gasteiger partial charge on any atom is 0.417 e. The van der Waals surface area contributed by atoms with Gasteiger partial charge < -0.3 is 11.1 Å². The van der Waals surface area contributed by atoms with Crippen molar-refractivity contribution in [1.29, 1.82) is 0 Å². The van der Waals surface area contributed by atoms with Crippen molar-refractivity contribution in [3.8, 4) is 0 Å². The first-order valence-corrected chi connectivity index (χ1v) is 5.93. The van der Waals surface area contributed by atoms with E-state index in [0.29, 0.717) is 11.4 Å². The van der Waals surface area contributed by atoms with Gasteiger partial charge in [0.25, 0.3) is 0 Å². The van der Waals surface area contributed by atoms with Crippen molar-refractivity contribution in [2.45, 2.75) is 32.6 Å². The molecule has 0 aliphatic heterocycles. The van der Waals surface area contributed by atoms with Gasteiger partial charge >= 0.3 is 6.18 Å². The molecule has 1 rings (SSSR count). The van der Waals surface area contributed by atoms with Gasteiger partial charge in [-0.3, -0.25) is 9.78 Å². The van der Waals surface area contributed by atoms with Crippen molar-refractivity contribution in [2.24, 2.45) is 5.73 Å². The second-order valence-electron chi connectivity index (χ2n) is 4.39. The number of rotatable bonds is 5. The summed E-state index contributed by atoms with van der Waals surface area (Å²) in [4.78, 5) is 14.6. The fraction of sp³-hybridized carbons (Fsp3) is 0.385. The Hall–Kier alpha value is -1.89. The first kappa shape index (κ1) is 16.2. The highest BCUT2D eigenvalue weighted by Gasteiger charge is 2.30. The molecule has 0 saturated carbocycles. The van der Waals surface area contributed by atoms with Crippen LogP contribution in [-0.2, 0) is 17.5 Å². The predicted octanol–water partition coefficient (Wildman–Crippen LogP) is 2.01. The summed E-state index contributed by atoms with van der Waals surface area (Å²) in [6, 6.07) is 2.00. The smallest absolute Gasteiger partial charge is 0.401 e. The molecule has 0 aliphatic rings. The van der Waals surface area contributed by atoms with Gasteiger partial charge in [-0.1, -0.05) is 0 Å². The molecule has 0 fully saturated rings. The first-order valence-electron chi connectivity index (χ1n) is 5.93. The van der Waals surface area contributed by atoms with Crippen LogP contribution in [0.3, 0.4) is 0 Å². The molecule has 0 spiro atoms. The van der Waals surface area contributed by atoms with E-state index in [1.165, 1.54) is 19.1 Å². The van der Waals surface area contributed by atoms with Crippen LogP contribution in [0.5, 0.6) is 0 Å². The van der Waals surface area contributed by atoms with E-state index in [4.69, 9.17) is 5.73 Å². The molecule has 1 aromatic rings. The lowest BCUT2D eigenvalue weighted by atomic mass is 10.2. The van der Waals surface area contributed by atoms with E-state index in [1.54, 1.807) is 6.92 Å². The van der Waals surface area contributed by atoms with Crippen molar-refractivity contribution in [3.05, 3.63) is 41.4 Å². The minimum absolute atomic E-state index is 0.163. The summed E-state index contributed by atoms with van der Waals surface area (Å²) in [5.41, 5.74) is 5.71. The third-order valence-corrected chi connectivity index (χ3v) is 2.61. The summed E-state index contributed by atoms with van der Waals surface area (Å²) in [5.74, 6) is -0.163. The Kier molecular flexibility index (Phi) is 5.26. The summed E-state index contributed by atoms with van der Waals surface area (Å²) in [6.07, 6.45) is -2.30. The van der Waals surface area contributed by atoms with Crippen LogP contribution >= 0.6 is 0 Å². The molecule has 0 amide bonds. The van der Waals surface area contributed by atoms with Crippen molar-refractivity contribution in [1.82, 2.24) is 10.3 Å². The van der Waals surface area contributed by atoms with E-state index in [2.05, 4.69) is 10.3 Å². The quantitative estimate of drug-likeness (QED) is 0.813. The number of hydrogen-bond donors (Lipinski definition) is 2. The number of pyridine rings is 1. The second-order valence-corrected chi connectivity index (χ2v) is 4.39. The van der Waals surface area contributed by atoms with E-state index in [-0.39, 0.29) is 18.4 Å². The van der Waals surface area contributed by atoms with Crippen LogP contribution in [-0.4, -0.2) is 16.8 Å². The molecule has 7 heteroatoms. The Morgan fingerprint density at radius 1 is 1.50 bits per heavy atom. The summed E-state index contributed by atoms with van der Waals surface area (Å²) >= 11 is 0. The number of ketones is 1. The van der Waals surface area contributed by atoms with Crippen molar-refractivity contribution in [2.75, 3.05) is 0 Å². The molecule has 0 unspecified atom stereocenters. The van der Waals surface area contributed by atoms with Crippen LogP contribution in [0, 0.1) is 0 Å². The zero-order valence-corrected chi connectivity index (χ0v) is 11.2. The average molecular weight is 287 g/mol. The van der Waals surface area contributed by atoms with Gasteiger partial charge in [0.1, 0.15) is 0 Å². The number of nitrogens with one attached hydrogen (secondary N) is 1. The van der Waals surface area contributed by atoms with Crippen LogP contribution in [0.2, 0.25) is 0 Å². The molecule has 1 atom stereocenters. The van der Waals surface area contributed by atoms with Gasteiger partial charge in [-0.15, -0.1) is 0 Å². The predicted molar refractivity (Wildman–Crippen MR) is 68.5 cm³/mol. The van der Waals surface area contributed by atoms with E-state index in [9.17, 15) is 18.0 Å². The summed E-state index contributed by atoms with van der Waals surface area (Å²) in [7, 11) is 0. The molecule has 0 radical (unpaired) electrons. The molecule has 20 heavy (non-hydrogen) atoms. The van der Waals surface area contributed by atoms with Crippen LogP contribution < -0.4 is 11.1 Å². The molecular formula is C13H16F3N3O. The van der Waals surface area contributed by atoms with Crippen molar-refractivity contribution >= 4 is 5.78 Å². The number of aromatic nitrogens is 1. The van der Waals surface area contributed by atoms with Gasteiger partial charge in [0.15, 0.2) is 5.78 Å². The van der Waals surface area contributed by atoms with Gasteiger partial charge in [-0.2, -0.15) is 13.2 Å². The van der Waals surface area contributed by atoms with E-state index < -0.39 is 11.7 Å². The number of carbonyl (C=O) groups is 1. The molecule has 110 valence electrons. The van der Waals surface area contributed by atoms with Gasteiger partial charge in [0.05, 0.1) is 11.3 Å². The lowest BCUT2D eigenvalue weighted by molar-refractivity contribution is -0.137. The maximum atomic E-state index is 12.3. The largest absolute Gasteiger partial charge is 0.417 e. The SMILES string of the molecule is CC(=O)C=C(N)[C@@H](C)NCc1ccc(C(F)(F)F)cn1. The molecule has 0 aliphatic carbocycles. The highest BCUT2D eigenvalue weighted by atomic mass is 19.4. The molecule has 1 aromatic heterocycles. The Morgan fingerprint density at radius 2 is 2.15 bits per heavy atom. The van der Waals surface area contributed by atoms with Gasteiger partial charge in [0.2, 0.25) is 0 Å². The fourth-order valence-electron chi connectivity index (χ4n) is 1.43. The average Bonchev–Trinajstić information content (AvgIpc) is 2.34. The Labute approximate surface area is 114 Å². The van der Waals surface area contributed by atoms with E-state index >= 15 is 0 Å². The molecule has 0 aromatic carbocycles. The van der Waals surface area contributed by atoms with Crippen LogP contribution in [0.4, 0.5) is 13.2 Å². The Bertz CT molecular complexity index is 495. The number of nitrogens with zero attached hydrogens (tertiary/aromatic N) is 1. The lowest BCUT2D eigenvalue weighted by Gasteiger charge is -2.14. The monoisotopic (exact) mass is 287 g/mol. The number of alkyl halides is 3. The van der Waals surface area contributed by atoms with Crippen molar-refractivity contribution in [3.63, 3.8) is 0 Å². The Morgan fingerprint density at radius 3 is 2.60 bits per heavy atom. The number of carbonyl (C=O) groups excluding carboxylic acids is 1. The standard InChI is InChI=1S/C13H16F3N3O/c1-8(20)5-12(17)9(2)18-7-11-4-3-10(6-19-11)13(14,15)16/h3-6,9,18H,7,17H2,1-2H3/t9-/m1/s1. The third-order valence-electron chi connectivity index (χ3n) is 2.61. The summed E-state index contributed by atoms with van der Waals surface area (Å²) in [5, 5.41) is 2.97. The number of halogens is 3. The summed E-state index contributed by atoms with van der Waals surface area (Å²) in [6.45, 7) is 3.39. The molecule has 4 nitrogen and oxygen atoms in total. The topological polar surface area (TPSA) is 68.0 Å². The zero-order chi connectivity index (χ0) is 15.3. The summed E-state index contributed by atoms with van der Waals surface area (Å²) < 4.78 is 37.0. The first-order chi connectivity index (χ1) is 9.20. The molecule has 0 bridgehead atoms. The van der Waals surface area contributed by atoms with Gasteiger partial charge in [-0.05, 0) is 26.0 Å². The molecule has 1 heterocycles. The second kappa shape index (κ2) is 6.51. The number of hydrogen-bond acceptors (Lipinski definition) is 4. The highest BCUT2D eigenvalue weighted by Crippen LogP contribution is 2.28. The fourth-order valence-corrected chi connectivity index (χ4v) is 1.43. The van der Waals surface area contributed by atoms with Crippen LogP contribution in [0.25, 0.3) is 0 Å². The maximum absolute atomic E-state index is 12.3. The minimum Gasteiger partial charge on any atom is -0.401 e. The van der Waals surface area contributed by atoms with Crippen LogP contribution in [0.1, 0.15) is 25.1 Å². The molecule has 3 N–H and O–H groups in total. The van der Waals surface area contributed by atoms with Gasteiger partial charge in [0, 0.05) is 30.6 Å². The van der Waals surface area contributed by atoms with Crippen molar-refractivity contribution < 1.29 is 18.0 Å². The number of allylic oxidation sites excluding steroid dienone is 1. The molecular weight excluding hydrogens is 271 g/mol. The lowest BCUT2D eigenvalue weighted by Crippen LogP contribution is -2.31.